The molecule has 0 aromatic heterocycles. The summed E-state index contributed by atoms with van der Waals surface area (Å²) in [5, 5.41) is 10.4. The third-order valence-electron chi connectivity index (χ3n) is 4.33. The maximum atomic E-state index is 12.2. The van der Waals surface area contributed by atoms with Crippen LogP contribution in [0.4, 0.5) is 4.39 Å². The summed E-state index contributed by atoms with van der Waals surface area (Å²) in [7, 11) is 0. The van der Waals surface area contributed by atoms with E-state index in [2.05, 4.69) is 0 Å². The van der Waals surface area contributed by atoms with Crippen molar-refractivity contribution in [1.82, 2.24) is 0 Å². The second kappa shape index (κ2) is 8.04. The summed E-state index contributed by atoms with van der Waals surface area (Å²) in [6.07, 6.45) is 4.70. The number of aliphatic hydroxyl groups is 1. The monoisotopic (exact) mass is 318 g/mol. The van der Waals surface area contributed by atoms with E-state index in [-0.39, 0.29) is 29.5 Å². The Bertz CT molecular complexity index is 619. The van der Waals surface area contributed by atoms with E-state index in [9.17, 15) is 19.1 Å². The average molecular weight is 318 g/mol. The van der Waals surface area contributed by atoms with Crippen LogP contribution in [0.5, 0.6) is 0 Å². The molecule has 1 aliphatic rings. The van der Waals surface area contributed by atoms with Gasteiger partial charge < -0.3 is 5.11 Å². The highest BCUT2D eigenvalue weighted by molar-refractivity contribution is 6.52. The van der Waals surface area contributed by atoms with Crippen molar-refractivity contribution in [2.45, 2.75) is 45.4 Å². The topological polar surface area (TPSA) is 54.4 Å². The number of aliphatic hydroxyl groups excluding tert-OH is 1. The number of unbranched alkanes of at least 4 members (excludes halogenated alkanes) is 3. The second-order valence-electron chi connectivity index (χ2n) is 6.23. The minimum atomic E-state index is -0.592. The van der Waals surface area contributed by atoms with Crippen LogP contribution in [0, 0.1) is 5.92 Å². The number of alkyl halides is 1. The zero-order valence-electron chi connectivity index (χ0n) is 13.5. The molecule has 0 aliphatic heterocycles. The number of carbonyl (C=O) groups is 2. The summed E-state index contributed by atoms with van der Waals surface area (Å²) in [6.45, 7) is 1.74. The predicted octanol–water partition coefficient (Wildman–Crippen LogP) is 4.67. The Morgan fingerprint density at radius 2 is 1.65 bits per heavy atom. The van der Waals surface area contributed by atoms with Gasteiger partial charge in [-0.15, -0.1) is 0 Å². The Kier molecular flexibility index (Phi) is 6.08. The molecule has 1 N–H and O–H groups in total. The lowest BCUT2D eigenvalue weighted by Crippen LogP contribution is -2.25. The molecule has 2 rings (SSSR count). The van der Waals surface area contributed by atoms with Crippen LogP contribution in [0.3, 0.4) is 0 Å². The molecule has 0 amide bonds. The zero-order valence-corrected chi connectivity index (χ0v) is 13.5. The molecule has 4 heteroatoms. The van der Waals surface area contributed by atoms with E-state index in [0.29, 0.717) is 18.4 Å². The Labute approximate surface area is 136 Å². The largest absolute Gasteiger partial charge is 0.507 e. The third-order valence-corrected chi connectivity index (χ3v) is 4.33. The zero-order chi connectivity index (χ0) is 16.8. The number of hydrogen-bond donors (Lipinski definition) is 1. The number of hydrogen-bond acceptors (Lipinski definition) is 3. The molecule has 0 fully saturated rings. The van der Waals surface area contributed by atoms with Gasteiger partial charge in [0.1, 0.15) is 5.76 Å². The molecular formula is C19H23FO3. The van der Waals surface area contributed by atoms with E-state index >= 15 is 0 Å². The van der Waals surface area contributed by atoms with Crippen LogP contribution in [0.1, 0.15) is 61.4 Å². The quantitative estimate of drug-likeness (QED) is 0.560. The highest BCUT2D eigenvalue weighted by Crippen LogP contribution is 2.31. The summed E-state index contributed by atoms with van der Waals surface area (Å²) >= 11 is 0. The fourth-order valence-corrected chi connectivity index (χ4v) is 3.00. The molecule has 1 aromatic rings. The van der Waals surface area contributed by atoms with Crippen molar-refractivity contribution in [1.29, 1.82) is 0 Å². The Hall–Kier alpha value is -1.97. The minimum Gasteiger partial charge on any atom is -0.507 e. The lowest BCUT2D eigenvalue weighted by atomic mass is 9.83. The maximum absolute atomic E-state index is 12.2. The van der Waals surface area contributed by atoms with Crippen molar-refractivity contribution in [3.63, 3.8) is 0 Å². The van der Waals surface area contributed by atoms with E-state index in [4.69, 9.17) is 0 Å². The number of halogens is 1. The van der Waals surface area contributed by atoms with E-state index < -0.39 is 11.6 Å². The fraction of sp³-hybridized carbons (Fsp3) is 0.474. The van der Waals surface area contributed by atoms with Gasteiger partial charge in [0.25, 0.3) is 0 Å². The molecule has 124 valence electrons. The molecule has 0 bridgehead atoms. The van der Waals surface area contributed by atoms with E-state index in [0.717, 1.165) is 25.7 Å². The molecular weight excluding hydrogens is 295 g/mol. The fourth-order valence-electron chi connectivity index (χ4n) is 3.00. The van der Waals surface area contributed by atoms with E-state index in [1.54, 1.807) is 24.3 Å². The van der Waals surface area contributed by atoms with Gasteiger partial charge >= 0.3 is 0 Å². The lowest BCUT2D eigenvalue weighted by molar-refractivity contribution is -0.112. The lowest BCUT2D eigenvalue weighted by Gasteiger charge is -2.20. The van der Waals surface area contributed by atoms with E-state index in [1.807, 2.05) is 6.92 Å². The first-order chi connectivity index (χ1) is 11.1. The van der Waals surface area contributed by atoms with Gasteiger partial charge in [-0.3, -0.25) is 14.0 Å². The first kappa shape index (κ1) is 17.4. The Morgan fingerprint density at radius 3 is 2.35 bits per heavy atom. The molecule has 0 heterocycles. The van der Waals surface area contributed by atoms with Crippen LogP contribution in [0.15, 0.2) is 29.8 Å². The van der Waals surface area contributed by atoms with Crippen LogP contribution in [0.25, 0.3) is 5.76 Å². The molecule has 3 nitrogen and oxygen atoms in total. The number of benzene rings is 1. The van der Waals surface area contributed by atoms with Crippen molar-refractivity contribution in [3.05, 3.63) is 41.0 Å². The summed E-state index contributed by atoms with van der Waals surface area (Å²) in [6, 6.07) is 6.65. The first-order valence-electron chi connectivity index (χ1n) is 8.22. The van der Waals surface area contributed by atoms with Crippen molar-refractivity contribution in [2.75, 3.05) is 6.67 Å². The van der Waals surface area contributed by atoms with Crippen LogP contribution >= 0.6 is 0 Å². The van der Waals surface area contributed by atoms with Gasteiger partial charge in [-0.25, -0.2) is 0 Å². The number of ketones is 2. The second-order valence-corrected chi connectivity index (χ2v) is 6.23. The van der Waals surface area contributed by atoms with Gasteiger partial charge in [0.2, 0.25) is 11.6 Å². The van der Waals surface area contributed by atoms with Gasteiger partial charge in [0.15, 0.2) is 0 Å². The van der Waals surface area contributed by atoms with Gasteiger partial charge in [-0.1, -0.05) is 56.9 Å². The summed E-state index contributed by atoms with van der Waals surface area (Å²) in [5.41, 5.74) is 0.949. The molecule has 1 aromatic carbocycles. The molecule has 23 heavy (non-hydrogen) atoms. The predicted molar refractivity (Wildman–Crippen MR) is 88.2 cm³/mol. The SMILES string of the molecule is C[C@@H](CCCCCCF)CC1=C(O)c2ccccc2C(=O)C1=O. The Morgan fingerprint density at radius 1 is 1.00 bits per heavy atom. The third kappa shape index (κ3) is 4.06. The molecule has 1 aliphatic carbocycles. The molecule has 0 saturated carbocycles. The van der Waals surface area contributed by atoms with Gasteiger partial charge in [0, 0.05) is 16.7 Å². The molecule has 0 unspecified atom stereocenters. The smallest absolute Gasteiger partial charge is 0.234 e. The standard InChI is InChI=1S/C19H23FO3/c1-13(8-4-2-3-7-11-20)12-16-17(21)14-9-5-6-10-15(14)18(22)19(16)23/h5-6,9-10,13,21H,2-4,7-8,11-12H2,1H3/t13-/m0/s1. The number of carbonyl (C=O) groups excluding carboxylic acids is 2. The summed E-state index contributed by atoms with van der Waals surface area (Å²) in [4.78, 5) is 24.4. The number of rotatable bonds is 8. The van der Waals surface area contributed by atoms with Gasteiger partial charge in [-0.05, 0) is 18.8 Å². The van der Waals surface area contributed by atoms with Crippen molar-refractivity contribution in [3.8, 4) is 0 Å². The number of allylic oxidation sites excluding steroid dienone is 1. The number of Topliss-reactive ketones (excluding diaryl/α,β-unsaturated/α-hetero) is 2. The highest BCUT2D eigenvalue weighted by Gasteiger charge is 2.32. The molecule has 0 radical (unpaired) electrons. The average Bonchev–Trinajstić information content (AvgIpc) is 2.56. The van der Waals surface area contributed by atoms with Crippen LogP contribution in [-0.2, 0) is 4.79 Å². The summed E-state index contributed by atoms with van der Waals surface area (Å²) in [5.74, 6) is -0.997. The van der Waals surface area contributed by atoms with Crippen molar-refractivity contribution >= 4 is 17.3 Å². The number of fused-ring (bicyclic) bond motifs is 1. The van der Waals surface area contributed by atoms with Gasteiger partial charge in [0.05, 0.1) is 6.67 Å². The normalized spacial score (nSPS) is 15.7. The first-order valence-corrected chi connectivity index (χ1v) is 8.22. The Balaban J connectivity index is 2.04. The van der Waals surface area contributed by atoms with E-state index in [1.165, 1.54) is 0 Å². The molecule has 1 atom stereocenters. The minimum absolute atomic E-state index is 0.0607. The van der Waals surface area contributed by atoms with Gasteiger partial charge in [-0.2, -0.15) is 0 Å². The van der Waals surface area contributed by atoms with Crippen LogP contribution in [0.2, 0.25) is 0 Å². The highest BCUT2D eigenvalue weighted by atomic mass is 19.1. The maximum Gasteiger partial charge on any atom is 0.234 e. The van der Waals surface area contributed by atoms with Crippen molar-refractivity contribution < 1.29 is 19.1 Å². The molecule has 0 spiro atoms. The van der Waals surface area contributed by atoms with Crippen molar-refractivity contribution in [2.24, 2.45) is 5.92 Å². The molecule has 0 saturated heterocycles. The van der Waals surface area contributed by atoms with Crippen LogP contribution < -0.4 is 0 Å². The van der Waals surface area contributed by atoms with Crippen LogP contribution in [-0.4, -0.2) is 23.3 Å². The summed E-state index contributed by atoms with van der Waals surface area (Å²) < 4.78 is 12.0.